The van der Waals surface area contributed by atoms with E-state index in [0.29, 0.717) is 17.3 Å². The van der Waals surface area contributed by atoms with E-state index in [0.717, 1.165) is 36.2 Å². The molecule has 0 aliphatic carbocycles. The second kappa shape index (κ2) is 8.31. The Hall–Kier alpha value is -2.76. The number of methoxy groups -OCH3 is 1. The summed E-state index contributed by atoms with van der Waals surface area (Å²) in [6.45, 7) is 2.14. The molecule has 2 aromatic carbocycles. The predicted octanol–water partition coefficient (Wildman–Crippen LogP) is 4.31. The van der Waals surface area contributed by atoms with Crippen molar-refractivity contribution in [3.8, 4) is 16.9 Å². The molecule has 0 unspecified atom stereocenters. The number of nitrogens with zero attached hydrogens (tertiary/aromatic N) is 2. The van der Waals surface area contributed by atoms with Crippen LogP contribution in [0.4, 0.5) is 0 Å². The van der Waals surface area contributed by atoms with Gasteiger partial charge in [0, 0.05) is 49.1 Å². The molecule has 1 aliphatic rings. The number of carboxylic acid groups (broad SMARTS) is 1. The fraction of sp³-hybridized carbons (Fsp3) is 0.261. The summed E-state index contributed by atoms with van der Waals surface area (Å²) in [5.74, 6) is -0.0926. The maximum atomic E-state index is 11.2. The van der Waals surface area contributed by atoms with E-state index in [4.69, 9.17) is 16.3 Å². The first kappa shape index (κ1) is 19.6. The quantitative estimate of drug-likeness (QED) is 0.658. The number of aliphatic carboxylic acids is 1. The lowest BCUT2D eigenvalue weighted by atomic mass is 9.98. The number of carbonyl (C=O) groups is 1. The minimum Gasteiger partial charge on any atom is -0.497 e. The van der Waals surface area contributed by atoms with Gasteiger partial charge in [0.25, 0.3) is 0 Å². The molecule has 0 bridgehead atoms. The zero-order valence-corrected chi connectivity index (χ0v) is 17.0. The van der Waals surface area contributed by atoms with Crippen molar-refractivity contribution in [1.29, 1.82) is 0 Å². The van der Waals surface area contributed by atoms with Gasteiger partial charge in [-0.25, -0.2) is 0 Å². The Morgan fingerprint density at radius 3 is 2.66 bits per heavy atom. The normalized spacial score (nSPS) is 13.9. The van der Waals surface area contributed by atoms with Crippen molar-refractivity contribution in [2.24, 2.45) is 0 Å². The summed E-state index contributed by atoms with van der Waals surface area (Å²) in [4.78, 5) is 13.2. The van der Waals surface area contributed by atoms with Crippen molar-refractivity contribution in [2.45, 2.75) is 19.5 Å². The van der Waals surface area contributed by atoms with E-state index in [2.05, 4.69) is 22.9 Å². The minimum atomic E-state index is -0.804. The average Bonchev–Trinajstić information content (AvgIpc) is 3.05. The zero-order valence-electron chi connectivity index (χ0n) is 16.3. The lowest BCUT2D eigenvalue weighted by Gasteiger charge is -2.27. The van der Waals surface area contributed by atoms with Crippen LogP contribution in [0.1, 0.15) is 16.8 Å². The lowest BCUT2D eigenvalue weighted by Crippen LogP contribution is -2.35. The molecule has 0 radical (unpaired) electrons. The molecule has 0 spiro atoms. The molecule has 2 heterocycles. The molecule has 29 heavy (non-hydrogen) atoms. The largest absolute Gasteiger partial charge is 0.497 e. The molecule has 0 amide bonds. The van der Waals surface area contributed by atoms with E-state index in [1.165, 1.54) is 11.3 Å². The maximum absolute atomic E-state index is 11.2. The number of halogens is 1. The Labute approximate surface area is 175 Å². The zero-order chi connectivity index (χ0) is 20.4. The van der Waals surface area contributed by atoms with Gasteiger partial charge in [-0.1, -0.05) is 41.9 Å². The lowest BCUT2D eigenvalue weighted by molar-refractivity contribution is -0.138. The summed E-state index contributed by atoms with van der Waals surface area (Å²) in [6, 6.07) is 16.0. The van der Waals surface area contributed by atoms with Gasteiger partial charge in [0.05, 0.1) is 18.7 Å². The number of benzene rings is 2. The molecule has 0 saturated carbocycles. The van der Waals surface area contributed by atoms with Gasteiger partial charge in [-0.3, -0.25) is 9.69 Å². The van der Waals surface area contributed by atoms with Gasteiger partial charge >= 0.3 is 5.97 Å². The standard InChI is InChI=1S/C23H23ClN2O3/c1-29-17-7-8-18(21(24)11-17)19-14-26(12-16-5-3-2-4-6-16)22-9-10-25(13-20(19)22)15-23(27)28/h2-8,11,14H,9-10,12-13,15H2,1H3,(H,27,28). The SMILES string of the molecule is COc1ccc(-c2cn(Cc3ccccc3)c3c2CN(CC(=O)O)CC3)c(Cl)c1. The molecular formula is C23H23ClN2O3. The van der Waals surface area contributed by atoms with E-state index in [1.54, 1.807) is 7.11 Å². The molecule has 5 nitrogen and oxygen atoms in total. The smallest absolute Gasteiger partial charge is 0.317 e. The van der Waals surface area contributed by atoms with Gasteiger partial charge in [0.1, 0.15) is 5.75 Å². The highest BCUT2D eigenvalue weighted by molar-refractivity contribution is 6.33. The number of fused-ring (bicyclic) bond motifs is 1. The number of carboxylic acids is 1. The second-order valence-electron chi connectivity index (χ2n) is 7.28. The number of ether oxygens (including phenoxy) is 1. The Morgan fingerprint density at radius 1 is 1.17 bits per heavy atom. The first-order valence-electron chi connectivity index (χ1n) is 9.58. The highest BCUT2D eigenvalue weighted by Gasteiger charge is 2.26. The third-order valence-electron chi connectivity index (χ3n) is 5.37. The highest BCUT2D eigenvalue weighted by atomic mass is 35.5. The Balaban J connectivity index is 1.77. The van der Waals surface area contributed by atoms with Crippen molar-refractivity contribution in [3.05, 3.63) is 76.6 Å². The third kappa shape index (κ3) is 4.16. The van der Waals surface area contributed by atoms with Crippen molar-refractivity contribution >= 4 is 17.6 Å². The third-order valence-corrected chi connectivity index (χ3v) is 5.69. The molecule has 3 aromatic rings. The van der Waals surface area contributed by atoms with Crippen LogP contribution >= 0.6 is 11.6 Å². The van der Waals surface area contributed by atoms with Gasteiger partial charge in [-0.05, 0) is 29.3 Å². The van der Waals surface area contributed by atoms with Gasteiger partial charge in [0.2, 0.25) is 0 Å². The van der Waals surface area contributed by atoms with E-state index in [9.17, 15) is 9.90 Å². The molecule has 0 fully saturated rings. The number of aromatic nitrogens is 1. The molecule has 4 rings (SSSR count). The molecule has 1 aliphatic heterocycles. The topological polar surface area (TPSA) is 54.7 Å². The maximum Gasteiger partial charge on any atom is 0.317 e. The number of hydrogen-bond acceptors (Lipinski definition) is 3. The first-order chi connectivity index (χ1) is 14.0. The van der Waals surface area contributed by atoms with Crippen LogP contribution in [-0.2, 0) is 24.3 Å². The van der Waals surface area contributed by atoms with Crippen molar-refractivity contribution < 1.29 is 14.6 Å². The van der Waals surface area contributed by atoms with Crippen molar-refractivity contribution in [1.82, 2.24) is 9.47 Å². The highest BCUT2D eigenvalue weighted by Crippen LogP contribution is 2.38. The van der Waals surface area contributed by atoms with Crippen molar-refractivity contribution in [3.63, 3.8) is 0 Å². The molecule has 1 aromatic heterocycles. The summed E-state index contributed by atoms with van der Waals surface area (Å²) < 4.78 is 7.56. The Kier molecular flexibility index (Phi) is 5.60. The Bertz CT molecular complexity index is 1030. The fourth-order valence-electron chi connectivity index (χ4n) is 4.00. The predicted molar refractivity (Wildman–Crippen MR) is 114 cm³/mol. The molecule has 6 heteroatoms. The second-order valence-corrected chi connectivity index (χ2v) is 7.69. The van der Waals surface area contributed by atoms with Crippen LogP contribution in [-0.4, -0.2) is 40.7 Å². The fourth-order valence-corrected chi connectivity index (χ4v) is 4.27. The van der Waals surface area contributed by atoms with Crippen LogP contribution in [0.25, 0.3) is 11.1 Å². The molecule has 150 valence electrons. The van der Waals surface area contributed by atoms with E-state index in [1.807, 2.05) is 41.3 Å². The average molecular weight is 411 g/mol. The summed E-state index contributed by atoms with van der Waals surface area (Å²) in [7, 11) is 1.62. The monoisotopic (exact) mass is 410 g/mol. The van der Waals surface area contributed by atoms with E-state index >= 15 is 0 Å². The van der Waals surface area contributed by atoms with Crippen molar-refractivity contribution in [2.75, 3.05) is 20.2 Å². The van der Waals surface area contributed by atoms with Crippen LogP contribution in [0.5, 0.6) is 5.75 Å². The van der Waals surface area contributed by atoms with E-state index in [-0.39, 0.29) is 6.54 Å². The van der Waals surface area contributed by atoms with Crippen LogP contribution in [0.15, 0.2) is 54.7 Å². The van der Waals surface area contributed by atoms with Crippen LogP contribution in [0.3, 0.4) is 0 Å². The Morgan fingerprint density at radius 2 is 1.97 bits per heavy atom. The molecule has 0 saturated heterocycles. The van der Waals surface area contributed by atoms with Gasteiger partial charge < -0.3 is 14.4 Å². The van der Waals surface area contributed by atoms with Crippen LogP contribution in [0, 0.1) is 0 Å². The van der Waals surface area contributed by atoms with Gasteiger partial charge in [-0.2, -0.15) is 0 Å². The summed E-state index contributed by atoms with van der Waals surface area (Å²) in [5.41, 5.74) is 5.62. The first-order valence-corrected chi connectivity index (χ1v) is 9.96. The summed E-state index contributed by atoms with van der Waals surface area (Å²) in [5, 5.41) is 9.84. The van der Waals surface area contributed by atoms with Gasteiger partial charge in [-0.15, -0.1) is 0 Å². The summed E-state index contributed by atoms with van der Waals surface area (Å²) >= 11 is 6.58. The minimum absolute atomic E-state index is 0.0408. The number of hydrogen-bond donors (Lipinski definition) is 1. The molecule has 1 N–H and O–H groups in total. The molecular weight excluding hydrogens is 388 g/mol. The molecule has 0 atom stereocenters. The van der Waals surface area contributed by atoms with Crippen LogP contribution in [0.2, 0.25) is 5.02 Å². The van der Waals surface area contributed by atoms with Gasteiger partial charge in [0.15, 0.2) is 0 Å². The summed E-state index contributed by atoms with van der Waals surface area (Å²) in [6.07, 6.45) is 2.96. The van der Waals surface area contributed by atoms with E-state index < -0.39 is 5.97 Å². The van der Waals surface area contributed by atoms with Crippen LogP contribution < -0.4 is 4.74 Å². The number of rotatable bonds is 6.